The van der Waals surface area contributed by atoms with E-state index in [-0.39, 0.29) is 0 Å². The molecule has 0 aromatic rings. The normalized spacial score (nSPS) is 39.9. The van der Waals surface area contributed by atoms with E-state index in [2.05, 4.69) is 42.8 Å². The summed E-state index contributed by atoms with van der Waals surface area (Å²) in [5.74, 6) is 1.71. The maximum Gasteiger partial charge on any atom is 0.0304 e. The van der Waals surface area contributed by atoms with Gasteiger partial charge in [0.05, 0.1) is 0 Å². The molecule has 0 aromatic carbocycles. The van der Waals surface area contributed by atoms with Gasteiger partial charge in [-0.2, -0.15) is 0 Å². The molecule has 4 rings (SSSR count). The lowest BCUT2D eigenvalue weighted by Gasteiger charge is -2.57. The van der Waals surface area contributed by atoms with Crippen LogP contribution in [0, 0.1) is 11.8 Å². The second kappa shape index (κ2) is 6.17. The Bertz CT molecular complexity index is 342. The summed E-state index contributed by atoms with van der Waals surface area (Å²) < 4.78 is 0. The van der Waals surface area contributed by atoms with Crippen molar-refractivity contribution in [3.63, 3.8) is 0 Å². The van der Waals surface area contributed by atoms with E-state index in [1.807, 2.05) is 0 Å². The zero-order valence-corrected chi connectivity index (χ0v) is 14.6. The Labute approximate surface area is 131 Å². The SMILES string of the molecule is CCC1(CC)CN(C2CN3CCC2CC3)C(C(C)C)CN1. The molecule has 4 aliphatic rings. The fraction of sp³-hybridized carbons (Fsp3) is 1.00. The molecule has 4 fully saturated rings. The zero-order chi connectivity index (χ0) is 15.0. The Morgan fingerprint density at radius 3 is 2.29 bits per heavy atom. The van der Waals surface area contributed by atoms with Gasteiger partial charge in [0.25, 0.3) is 0 Å². The number of rotatable bonds is 4. The molecule has 0 radical (unpaired) electrons. The highest BCUT2D eigenvalue weighted by Gasteiger charge is 2.45. The van der Waals surface area contributed by atoms with Crippen molar-refractivity contribution in [1.29, 1.82) is 0 Å². The Kier molecular flexibility index (Phi) is 4.63. The molecule has 21 heavy (non-hydrogen) atoms. The first-order valence-electron chi connectivity index (χ1n) is 9.31. The van der Waals surface area contributed by atoms with Gasteiger partial charge in [-0.25, -0.2) is 0 Å². The standard InChI is InChI=1S/C18H35N3/c1-5-18(6-2)13-21(16(11-19-18)14(3)4)17-12-20-9-7-15(17)8-10-20/h14-17,19H,5-13H2,1-4H3. The Morgan fingerprint density at radius 2 is 1.81 bits per heavy atom. The van der Waals surface area contributed by atoms with Crippen molar-refractivity contribution in [3.05, 3.63) is 0 Å². The van der Waals surface area contributed by atoms with Crippen molar-refractivity contribution >= 4 is 0 Å². The first-order valence-corrected chi connectivity index (χ1v) is 9.31. The molecule has 4 heterocycles. The van der Waals surface area contributed by atoms with Crippen molar-refractivity contribution < 1.29 is 0 Å². The summed E-state index contributed by atoms with van der Waals surface area (Å²) in [4.78, 5) is 5.65. The number of nitrogens with zero attached hydrogens (tertiary/aromatic N) is 2. The van der Waals surface area contributed by atoms with Crippen LogP contribution in [-0.4, -0.2) is 60.1 Å². The molecule has 3 heteroatoms. The van der Waals surface area contributed by atoms with E-state index in [0.717, 1.165) is 23.9 Å². The lowest BCUT2D eigenvalue weighted by atomic mass is 9.78. The lowest BCUT2D eigenvalue weighted by molar-refractivity contribution is -0.0567. The van der Waals surface area contributed by atoms with Crippen LogP contribution in [0.3, 0.4) is 0 Å². The van der Waals surface area contributed by atoms with Gasteiger partial charge in [-0.05, 0) is 50.6 Å². The molecular weight excluding hydrogens is 258 g/mol. The van der Waals surface area contributed by atoms with Crippen molar-refractivity contribution in [2.75, 3.05) is 32.7 Å². The van der Waals surface area contributed by atoms with Crippen molar-refractivity contribution in [3.8, 4) is 0 Å². The van der Waals surface area contributed by atoms with Gasteiger partial charge in [0.1, 0.15) is 0 Å². The first kappa shape index (κ1) is 15.8. The number of hydrogen-bond acceptors (Lipinski definition) is 3. The number of fused-ring (bicyclic) bond motifs is 3. The molecule has 2 unspecified atom stereocenters. The van der Waals surface area contributed by atoms with Crippen molar-refractivity contribution in [1.82, 2.24) is 15.1 Å². The smallest absolute Gasteiger partial charge is 0.0304 e. The van der Waals surface area contributed by atoms with E-state index in [4.69, 9.17) is 0 Å². The average molecular weight is 293 g/mol. The number of hydrogen-bond donors (Lipinski definition) is 1. The quantitative estimate of drug-likeness (QED) is 0.859. The monoisotopic (exact) mass is 293 g/mol. The molecule has 122 valence electrons. The second-order valence-electron chi connectivity index (χ2n) is 8.06. The van der Waals surface area contributed by atoms with Gasteiger partial charge < -0.3 is 10.2 Å². The minimum Gasteiger partial charge on any atom is -0.308 e. The molecule has 1 N–H and O–H groups in total. The van der Waals surface area contributed by atoms with Gasteiger partial charge in [0.2, 0.25) is 0 Å². The van der Waals surface area contributed by atoms with Gasteiger partial charge in [-0.15, -0.1) is 0 Å². The van der Waals surface area contributed by atoms with E-state index in [1.54, 1.807) is 0 Å². The molecule has 2 bridgehead atoms. The van der Waals surface area contributed by atoms with Gasteiger partial charge >= 0.3 is 0 Å². The Hall–Kier alpha value is -0.120. The van der Waals surface area contributed by atoms with Crippen LogP contribution in [0.4, 0.5) is 0 Å². The van der Waals surface area contributed by atoms with Crippen LogP contribution < -0.4 is 5.32 Å². The number of piperidine rings is 3. The maximum absolute atomic E-state index is 3.92. The summed E-state index contributed by atoms with van der Waals surface area (Å²) in [6.07, 6.45) is 5.38. The van der Waals surface area contributed by atoms with Crippen LogP contribution in [0.5, 0.6) is 0 Å². The highest BCUT2D eigenvalue weighted by molar-refractivity contribution is 5.03. The lowest BCUT2D eigenvalue weighted by Crippen LogP contribution is -2.70. The summed E-state index contributed by atoms with van der Waals surface area (Å²) in [6, 6.07) is 1.54. The summed E-state index contributed by atoms with van der Waals surface area (Å²) >= 11 is 0. The average Bonchev–Trinajstić information content (AvgIpc) is 2.55. The maximum atomic E-state index is 3.92. The van der Waals surface area contributed by atoms with Crippen LogP contribution >= 0.6 is 0 Å². The fourth-order valence-electron chi connectivity index (χ4n) is 4.98. The molecule has 0 spiro atoms. The van der Waals surface area contributed by atoms with Crippen LogP contribution in [0.2, 0.25) is 0 Å². The zero-order valence-electron chi connectivity index (χ0n) is 14.6. The van der Waals surface area contributed by atoms with Crippen molar-refractivity contribution in [2.45, 2.75) is 71.0 Å². The Morgan fingerprint density at radius 1 is 1.14 bits per heavy atom. The van der Waals surface area contributed by atoms with Gasteiger partial charge in [0, 0.05) is 37.3 Å². The predicted molar refractivity (Wildman–Crippen MR) is 89.6 cm³/mol. The highest BCUT2D eigenvalue weighted by atomic mass is 15.3. The van der Waals surface area contributed by atoms with Crippen LogP contribution in [0.15, 0.2) is 0 Å². The molecule has 2 atom stereocenters. The molecule has 0 aromatic heterocycles. The molecule has 3 nitrogen and oxygen atoms in total. The topological polar surface area (TPSA) is 18.5 Å². The van der Waals surface area contributed by atoms with Gasteiger partial charge in [-0.1, -0.05) is 27.7 Å². The predicted octanol–water partition coefficient (Wildman–Crippen LogP) is 2.57. The van der Waals surface area contributed by atoms with E-state index in [1.165, 1.54) is 58.4 Å². The highest BCUT2D eigenvalue weighted by Crippen LogP contribution is 2.36. The van der Waals surface area contributed by atoms with E-state index < -0.39 is 0 Å². The van der Waals surface area contributed by atoms with Crippen LogP contribution in [-0.2, 0) is 0 Å². The minimum atomic E-state index is 0.359. The van der Waals surface area contributed by atoms with E-state index in [9.17, 15) is 0 Å². The second-order valence-corrected chi connectivity index (χ2v) is 8.06. The molecule has 0 saturated carbocycles. The molecule has 4 saturated heterocycles. The summed E-state index contributed by atoms with van der Waals surface area (Å²) in [5, 5.41) is 3.92. The minimum absolute atomic E-state index is 0.359. The largest absolute Gasteiger partial charge is 0.308 e. The van der Waals surface area contributed by atoms with Crippen LogP contribution in [0.25, 0.3) is 0 Å². The summed E-state index contributed by atoms with van der Waals surface area (Å²) in [5.41, 5.74) is 0.359. The van der Waals surface area contributed by atoms with E-state index in [0.29, 0.717) is 5.54 Å². The Balaban J connectivity index is 1.80. The van der Waals surface area contributed by atoms with Gasteiger partial charge in [-0.3, -0.25) is 4.90 Å². The third kappa shape index (κ3) is 2.89. The number of piperazine rings is 1. The fourth-order valence-corrected chi connectivity index (χ4v) is 4.98. The molecule has 0 aliphatic carbocycles. The third-order valence-electron chi connectivity index (χ3n) is 6.77. The summed E-state index contributed by atoms with van der Waals surface area (Å²) in [7, 11) is 0. The summed E-state index contributed by atoms with van der Waals surface area (Å²) in [6.45, 7) is 16.0. The number of nitrogens with one attached hydrogen (secondary N) is 1. The molecule has 0 amide bonds. The van der Waals surface area contributed by atoms with Gasteiger partial charge in [0.15, 0.2) is 0 Å². The first-order chi connectivity index (χ1) is 10.1. The third-order valence-corrected chi connectivity index (χ3v) is 6.77. The molecule has 4 aliphatic heterocycles. The molecular formula is C18H35N3. The van der Waals surface area contributed by atoms with Crippen LogP contribution in [0.1, 0.15) is 53.4 Å². The van der Waals surface area contributed by atoms with E-state index >= 15 is 0 Å². The van der Waals surface area contributed by atoms with Crippen molar-refractivity contribution in [2.24, 2.45) is 11.8 Å².